The maximum Gasteiger partial charge on any atom is 0.350 e. The van der Waals surface area contributed by atoms with Crippen molar-refractivity contribution in [3.63, 3.8) is 0 Å². The van der Waals surface area contributed by atoms with Crippen molar-refractivity contribution in [2.24, 2.45) is 10.8 Å². The Morgan fingerprint density at radius 2 is 1.12 bits per heavy atom. The Bertz CT molecular complexity index is 685. The Labute approximate surface area is 155 Å². The molecule has 0 aromatic heterocycles. The van der Waals surface area contributed by atoms with E-state index < -0.39 is 20.6 Å². The minimum Gasteiger partial charge on any atom is -0.307 e. The molecule has 2 fully saturated rings. The lowest BCUT2D eigenvalue weighted by atomic mass is 9.97. The van der Waals surface area contributed by atoms with Crippen LogP contribution in [-0.2, 0) is 27.2 Å². The topological polar surface area (TPSA) is 71.1 Å². The predicted octanol–water partition coefficient (Wildman–Crippen LogP) is 5.53. The van der Waals surface area contributed by atoms with Crippen molar-refractivity contribution in [2.75, 3.05) is 26.4 Å². The van der Waals surface area contributed by atoms with E-state index in [1.165, 1.54) is 0 Å². The molecule has 0 radical (unpaired) electrons. The van der Waals surface area contributed by atoms with Gasteiger partial charge in [-0.1, -0.05) is 57.5 Å². The lowest BCUT2D eigenvalue weighted by molar-refractivity contribution is 0.0274. The van der Waals surface area contributed by atoms with Crippen LogP contribution < -0.4 is 0 Å². The zero-order valence-corrected chi connectivity index (χ0v) is 17.8. The van der Waals surface area contributed by atoms with Crippen LogP contribution in [0.4, 0.5) is 0 Å². The molecule has 1 aromatic rings. The van der Waals surface area contributed by atoms with Crippen LogP contribution in [0.1, 0.15) is 44.2 Å². The molecule has 0 amide bonds. The average molecular weight is 402 g/mol. The molecule has 3 rings (SSSR count). The van der Waals surface area contributed by atoms with Crippen LogP contribution in [0, 0.1) is 17.8 Å². The number of aryl methyl sites for hydroxylation is 1. The van der Waals surface area contributed by atoms with Crippen LogP contribution in [-0.4, -0.2) is 26.4 Å². The fraction of sp³-hybridized carbons (Fsp3) is 0.667. The van der Waals surface area contributed by atoms with Crippen LogP contribution in [0.3, 0.4) is 0 Å². The Kier molecular flexibility index (Phi) is 5.33. The highest BCUT2D eigenvalue weighted by Gasteiger charge is 2.56. The molecule has 0 aliphatic carbocycles. The van der Waals surface area contributed by atoms with Gasteiger partial charge in [0.2, 0.25) is 0 Å². The van der Waals surface area contributed by atoms with Gasteiger partial charge in [-0.15, -0.1) is 0 Å². The summed E-state index contributed by atoms with van der Waals surface area (Å²) in [5.41, 5.74) is 1.12. The third-order valence-corrected chi connectivity index (χ3v) is 9.96. The number of hydrogen-bond acceptors (Lipinski definition) is 6. The van der Waals surface area contributed by atoms with Gasteiger partial charge in [-0.3, -0.25) is 9.13 Å². The molecule has 6 nitrogen and oxygen atoms in total. The summed E-state index contributed by atoms with van der Waals surface area (Å²) in [6.45, 7) is 10.9. The second-order valence-electron chi connectivity index (χ2n) is 8.79. The maximum absolute atomic E-state index is 13.6. The molecule has 8 heteroatoms. The number of rotatable bonds is 3. The molecule has 2 heterocycles. The highest BCUT2D eigenvalue weighted by atomic mass is 31.2. The van der Waals surface area contributed by atoms with Crippen LogP contribution in [0.2, 0.25) is 0 Å². The first-order valence-corrected chi connectivity index (χ1v) is 12.0. The quantitative estimate of drug-likeness (QED) is 0.620. The van der Waals surface area contributed by atoms with E-state index in [4.69, 9.17) is 18.1 Å². The Balaban J connectivity index is 1.99. The minimum absolute atomic E-state index is 0.253. The van der Waals surface area contributed by atoms with Gasteiger partial charge in [-0.2, -0.15) is 0 Å². The van der Waals surface area contributed by atoms with Gasteiger partial charge < -0.3 is 18.1 Å². The zero-order chi connectivity index (χ0) is 19.2. The minimum atomic E-state index is -3.73. The molecule has 0 N–H and O–H groups in total. The second kappa shape index (κ2) is 6.84. The van der Waals surface area contributed by atoms with Crippen LogP contribution in [0.15, 0.2) is 24.3 Å². The monoisotopic (exact) mass is 402 g/mol. The smallest absolute Gasteiger partial charge is 0.307 e. The van der Waals surface area contributed by atoms with Gasteiger partial charge in [0.15, 0.2) is 5.40 Å². The van der Waals surface area contributed by atoms with Gasteiger partial charge in [-0.25, -0.2) is 0 Å². The third kappa shape index (κ3) is 4.16. The Hall–Kier alpha value is -0.480. The second-order valence-corrected chi connectivity index (χ2v) is 13.4. The molecular formula is C18H28O6P2. The summed E-state index contributed by atoms with van der Waals surface area (Å²) in [5, 5.41) is -1.08. The van der Waals surface area contributed by atoms with Gasteiger partial charge in [0, 0.05) is 10.8 Å². The van der Waals surface area contributed by atoms with Crippen molar-refractivity contribution in [1.29, 1.82) is 0 Å². The zero-order valence-electron chi connectivity index (χ0n) is 16.1. The van der Waals surface area contributed by atoms with Gasteiger partial charge in [0.05, 0.1) is 26.4 Å². The molecule has 0 saturated carbocycles. The fourth-order valence-electron chi connectivity index (χ4n) is 2.78. The van der Waals surface area contributed by atoms with Crippen molar-refractivity contribution in [3.8, 4) is 0 Å². The molecule has 2 saturated heterocycles. The van der Waals surface area contributed by atoms with E-state index in [-0.39, 0.29) is 37.3 Å². The van der Waals surface area contributed by atoms with Crippen LogP contribution in [0.5, 0.6) is 0 Å². The Morgan fingerprint density at radius 1 is 0.769 bits per heavy atom. The van der Waals surface area contributed by atoms with Crippen molar-refractivity contribution in [2.45, 2.75) is 40.0 Å². The molecule has 146 valence electrons. The van der Waals surface area contributed by atoms with Gasteiger partial charge in [0.1, 0.15) is 0 Å². The molecular weight excluding hydrogens is 374 g/mol. The summed E-state index contributed by atoms with van der Waals surface area (Å²) in [6, 6.07) is 7.33. The van der Waals surface area contributed by atoms with Crippen molar-refractivity contribution < 1.29 is 27.2 Å². The number of hydrogen-bond donors (Lipinski definition) is 0. The van der Waals surface area contributed by atoms with Crippen LogP contribution >= 0.6 is 15.2 Å². The SMILES string of the molecule is Cc1ccc(C(P2(=O)OCC(C)(C)CO2)P2(=O)OCC(C)(C)CO2)cc1. The molecule has 0 atom stereocenters. The summed E-state index contributed by atoms with van der Waals surface area (Å²) in [5.74, 6) is 0. The first-order chi connectivity index (χ1) is 11.9. The van der Waals surface area contributed by atoms with E-state index in [0.717, 1.165) is 5.56 Å². The predicted molar refractivity (Wildman–Crippen MR) is 101 cm³/mol. The lowest BCUT2D eigenvalue weighted by Crippen LogP contribution is -2.33. The number of benzene rings is 1. The van der Waals surface area contributed by atoms with E-state index in [2.05, 4.69) is 0 Å². The standard InChI is InChI=1S/C18H28O6P2/c1-14-6-8-15(9-7-14)16(25(19)21-10-17(2,3)11-22-25)26(20)23-12-18(4,5)13-24-26/h6-9,16H,10-13H2,1-5H3. The van der Waals surface area contributed by atoms with E-state index in [1.54, 1.807) is 12.1 Å². The van der Waals surface area contributed by atoms with Crippen molar-refractivity contribution >= 4 is 15.2 Å². The first-order valence-electron chi connectivity index (χ1n) is 8.79. The van der Waals surface area contributed by atoms with Crippen LogP contribution in [0.25, 0.3) is 0 Å². The lowest BCUT2D eigenvalue weighted by Gasteiger charge is -2.42. The van der Waals surface area contributed by atoms with E-state index in [1.807, 2.05) is 46.8 Å². The summed E-state index contributed by atoms with van der Waals surface area (Å²) < 4.78 is 50.0. The van der Waals surface area contributed by atoms with E-state index in [0.29, 0.717) is 5.56 Å². The summed E-state index contributed by atoms with van der Waals surface area (Å²) >= 11 is 0. The molecule has 0 spiro atoms. The summed E-state index contributed by atoms with van der Waals surface area (Å²) in [4.78, 5) is 0. The van der Waals surface area contributed by atoms with Gasteiger partial charge in [0.25, 0.3) is 0 Å². The summed E-state index contributed by atoms with van der Waals surface area (Å²) in [6.07, 6.45) is 0. The molecule has 2 aliphatic rings. The average Bonchev–Trinajstić information content (AvgIpc) is 2.56. The van der Waals surface area contributed by atoms with E-state index in [9.17, 15) is 9.13 Å². The first kappa shape index (κ1) is 20.3. The van der Waals surface area contributed by atoms with Gasteiger partial charge >= 0.3 is 15.2 Å². The molecule has 0 unspecified atom stereocenters. The van der Waals surface area contributed by atoms with E-state index >= 15 is 0 Å². The van der Waals surface area contributed by atoms with Crippen molar-refractivity contribution in [1.82, 2.24) is 0 Å². The molecule has 2 aliphatic heterocycles. The largest absolute Gasteiger partial charge is 0.350 e. The molecule has 1 aromatic carbocycles. The molecule has 0 bridgehead atoms. The maximum atomic E-state index is 13.6. The third-order valence-electron chi connectivity index (χ3n) is 4.52. The highest BCUT2D eigenvalue weighted by Crippen LogP contribution is 2.80. The fourth-order valence-corrected chi connectivity index (χ4v) is 8.87. The molecule has 26 heavy (non-hydrogen) atoms. The summed E-state index contributed by atoms with van der Waals surface area (Å²) in [7, 11) is -7.46. The Morgan fingerprint density at radius 3 is 1.46 bits per heavy atom. The highest BCUT2D eigenvalue weighted by molar-refractivity contribution is 7.72. The van der Waals surface area contributed by atoms with Crippen molar-refractivity contribution in [3.05, 3.63) is 35.4 Å². The normalized spacial score (nSPS) is 26.5. The van der Waals surface area contributed by atoms with Gasteiger partial charge in [-0.05, 0) is 12.5 Å².